The van der Waals surface area contributed by atoms with Gasteiger partial charge in [0.1, 0.15) is 0 Å². The van der Waals surface area contributed by atoms with Crippen LogP contribution in [0, 0.1) is 11.3 Å². The van der Waals surface area contributed by atoms with E-state index in [4.69, 9.17) is 5.26 Å². The maximum atomic E-state index is 11.5. The molecular formula is C11H13N3O2S. The molecule has 1 aliphatic heterocycles. The number of anilines is 1. The summed E-state index contributed by atoms with van der Waals surface area (Å²) in [6.45, 7) is 1.56. The first-order valence-corrected chi connectivity index (χ1v) is 6.96. The number of nitriles is 1. The second-order valence-corrected chi connectivity index (χ2v) is 5.61. The zero-order valence-electron chi connectivity index (χ0n) is 9.23. The highest BCUT2D eigenvalue weighted by Gasteiger charge is 2.16. The lowest BCUT2D eigenvalue weighted by Gasteiger charge is -2.20. The number of hydrogen-bond acceptors (Lipinski definition) is 4. The van der Waals surface area contributed by atoms with E-state index in [9.17, 15) is 8.42 Å². The summed E-state index contributed by atoms with van der Waals surface area (Å²) < 4.78 is 25.5. The molecule has 0 saturated carbocycles. The Morgan fingerprint density at radius 1 is 1.47 bits per heavy atom. The minimum absolute atomic E-state index is 0.524. The Kier molecular flexibility index (Phi) is 3.31. The van der Waals surface area contributed by atoms with E-state index in [1.807, 2.05) is 12.1 Å². The van der Waals surface area contributed by atoms with Gasteiger partial charge in [-0.25, -0.2) is 8.42 Å². The molecule has 6 heteroatoms. The van der Waals surface area contributed by atoms with Crippen LogP contribution in [0.2, 0.25) is 0 Å². The molecule has 0 fully saturated rings. The molecule has 5 nitrogen and oxygen atoms in total. The van der Waals surface area contributed by atoms with E-state index in [-0.39, 0.29) is 0 Å². The monoisotopic (exact) mass is 251 g/mol. The standard InChI is InChI=1S/C11H13N3O2S/c12-5-7-17(15,16)14-11-3-1-2-9-4-6-13-8-10(9)11/h1-3,13-14H,4,6-8H2. The molecule has 0 atom stereocenters. The van der Waals surface area contributed by atoms with Crippen LogP contribution in [0.15, 0.2) is 18.2 Å². The lowest BCUT2D eigenvalue weighted by atomic mass is 10.00. The molecule has 0 amide bonds. The minimum Gasteiger partial charge on any atom is -0.312 e. The van der Waals surface area contributed by atoms with Crippen molar-refractivity contribution in [1.82, 2.24) is 5.32 Å². The third-order valence-corrected chi connectivity index (χ3v) is 3.71. The van der Waals surface area contributed by atoms with Crippen molar-refractivity contribution in [3.05, 3.63) is 29.3 Å². The van der Waals surface area contributed by atoms with Gasteiger partial charge in [0, 0.05) is 6.54 Å². The second-order valence-electron chi connectivity index (χ2n) is 3.89. The Morgan fingerprint density at radius 2 is 2.29 bits per heavy atom. The van der Waals surface area contributed by atoms with Crippen LogP contribution in [-0.2, 0) is 23.0 Å². The van der Waals surface area contributed by atoms with Crippen molar-refractivity contribution in [1.29, 1.82) is 5.26 Å². The van der Waals surface area contributed by atoms with Gasteiger partial charge in [-0.1, -0.05) is 12.1 Å². The van der Waals surface area contributed by atoms with Crippen molar-refractivity contribution < 1.29 is 8.42 Å². The first kappa shape index (κ1) is 11.9. The van der Waals surface area contributed by atoms with Crippen molar-refractivity contribution in [3.8, 4) is 6.07 Å². The summed E-state index contributed by atoms with van der Waals surface area (Å²) in [6, 6.07) is 7.19. The SMILES string of the molecule is N#CCS(=O)(=O)Nc1cccc2c1CNCC2. The third-order valence-electron chi connectivity index (χ3n) is 2.67. The summed E-state index contributed by atoms with van der Waals surface area (Å²) in [7, 11) is -3.56. The Labute approximate surface area is 101 Å². The summed E-state index contributed by atoms with van der Waals surface area (Å²) in [4.78, 5) is 0. The van der Waals surface area contributed by atoms with Crippen LogP contribution >= 0.6 is 0 Å². The summed E-state index contributed by atoms with van der Waals surface area (Å²) in [5, 5.41) is 11.6. The zero-order valence-corrected chi connectivity index (χ0v) is 10.0. The highest BCUT2D eigenvalue weighted by molar-refractivity contribution is 7.92. The fourth-order valence-corrected chi connectivity index (χ4v) is 2.67. The fourth-order valence-electron chi connectivity index (χ4n) is 1.90. The van der Waals surface area contributed by atoms with E-state index in [0.717, 1.165) is 24.1 Å². The van der Waals surface area contributed by atoms with Gasteiger partial charge in [0.15, 0.2) is 5.75 Å². The van der Waals surface area contributed by atoms with Gasteiger partial charge in [-0.3, -0.25) is 4.72 Å². The minimum atomic E-state index is -3.56. The first-order valence-electron chi connectivity index (χ1n) is 5.31. The first-order chi connectivity index (χ1) is 8.12. The number of nitrogens with one attached hydrogen (secondary N) is 2. The maximum absolute atomic E-state index is 11.5. The van der Waals surface area contributed by atoms with Crippen molar-refractivity contribution in [3.63, 3.8) is 0 Å². The molecule has 0 saturated heterocycles. The average Bonchev–Trinajstić information content (AvgIpc) is 2.29. The van der Waals surface area contributed by atoms with Crippen LogP contribution in [0.3, 0.4) is 0 Å². The lowest BCUT2D eigenvalue weighted by molar-refractivity contribution is 0.604. The van der Waals surface area contributed by atoms with Gasteiger partial charge >= 0.3 is 0 Å². The highest BCUT2D eigenvalue weighted by Crippen LogP contribution is 2.23. The van der Waals surface area contributed by atoms with Gasteiger partial charge in [-0.2, -0.15) is 5.26 Å². The van der Waals surface area contributed by atoms with Crippen molar-refractivity contribution >= 4 is 15.7 Å². The number of fused-ring (bicyclic) bond motifs is 1. The van der Waals surface area contributed by atoms with Gasteiger partial charge in [-0.05, 0) is 30.2 Å². The van der Waals surface area contributed by atoms with Crippen LogP contribution in [0.5, 0.6) is 0 Å². The van der Waals surface area contributed by atoms with Crippen molar-refractivity contribution in [2.75, 3.05) is 17.0 Å². The van der Waals surface area contributed by atoms with E-state index in [0.29, 0.717) is 12.2 Å². The van der Waals surface area contributed by atoms with Crippen LogP contribution < -0.4 is 10.0 Å². The molecule has 0 unspecified atom stereocenters. The number of hydrogen-bond donors (Lipinski definition) is 2. The molecule has 0 spiro atoms. The molecule has 0 aliphatic carbocycles. The predicted octanol–water partition coefficient (Wildman–Crippen LogP) is 0.598. The van der Waals surface area contributed by atoms with Gasteiger partial charge < -0.3 is 5.32 Å². The molecule has 2 rings (SSSR count). The largest absolute Gasteiger partial charge is 0.312 e. The van der Waals surface area contributed by atoms with Gasteiger partial charge in [0.2, 0.25) is 10.0 Å². The molecule has 0 aromatic heterocycles. The van der Waals surface area contributed by atoms with Crippen LogP contribution in [0.4, 0.5) is 5.69 Å². The molecule has 2 N–H and O–H groups in total. The number of nitrogens with zero attached hydrogens (tertiary/aromatic N) is 1. The molecule has 0 radical (unpaired) electrons. The van der Waals surface area contributed by atoms with Crippen molar-refractivity contribution in [2.24, 2.45) is 0 Å². The number of benzene rings is 1. The second kappa shape index (κ2) is 4.73. The molecular weight excluding hydrogens is 238 g/mol. The van der Waals surface area contributed by atoms with E-state index in [2.05, 4.69) is 10.0 Å². The van der Waals surface area contributed by atoms with Gasteiger partial charge in [0.05, 0.1) is 11.8 Å². The van der Waals surface area contributed by atoms with Crippen LogP contribution in [0.25, 0.3) is 0 Å². The Morgan fingerprint density at radius 3 is 3.06 bits per heavy atom. The molecule has 17 heavy (non-hydrogen) atoms. The molecule has 1 aromatic rings. The van der Waals surface area contributed by atoms with Crippen LogP contribution in [0.1, 0.15) is 11.1 Å². The quantitative estimate of drug-likeness (QED) is 0.824. The Bertz CT molecular complexity index is 561. The summed E-state index contributed by atoms with van der Waals surface area (Å²) in [6.07, 6.45) is 0.892. The summed E-state index contributed by atoms with van der Waals surface area (Å²) >= 11 is 0. The topological polar surface area (TPSA) is 82.0 Å². The van der Waals surface area contributed by atoms with Gasteiger partial charge in [-0.15, -0.1) is 0 Å². The van der Waals surface area contributed by atoms with Gasteiger partial charge in [0.25, 0.3) is 0 Å². The van der Waals surface area contributed by atoms with E-state index >= 15 is 0 Å². The number of rotatable bonds is 3. The molecule has 1 heterocycles. The Hall–Kier alpha value is -1.58. The van der Waals surface area contributed by atoms with Crippen molar-refractivity contribution in [2.45, 2.75) is 13.0 Å². The summed E-state index contributed by atoms with van der Waals surface area (Å²) in [5.41, 5.74) is 2.70. The lowest BCUT2D eigenvalue weighted by Crippen LogP contribution is -2.26. The molecule has 1 aliphatic rings. The van der Waals surface area contributed by atoms with E-state index in [1.54, 1.807) is 12.1 Å². The Balaban J connectivity index is 2.31. The molecule has 0 bridgehead atoms. The fraction of sp³-hybridized carbons (Fsp3) is 0.364. The molecule has 90 valence electrons. The number of sulfonamides is 1. The van der Waals surface area contributed by atoms with E-state index < -0.39 is 15.8 Å². The highest BCUT2D eigenvalue weighted by atomic mass is 32.2. The normalized spacial score (nSPS) is 14.8. The smallest absolute Gasteiger partial charge is 0.246 e. The average molecular weight is 251 g/mol. The van der Waals surface area contributed by atoms with E-state index in [1.165, 1.54) is 0 Å². The maximum Gasteiger partial charge on any atom is 0.246 e. The summed E-state index contributed by atoms with van der Waals surface area (Å²) in [5.74, 6) is -0.524. The zero-order chi connectivity index (χ0) is 12.3. The molecule has 1 aromatic carbocycles. The third kappa shape index (κ3) is 2.75. The predicted molar refractivity (Wildman–Crippen MR) is 64.9 cm³/mol. The van der Waals surface area contributed by atoms with Crippen LogP contribution in [-0.4, -0.2) is 20.7 Å².